The maximum atomic E-state index is 13.6. The normalized spacial score (nSPS) is 13.2. The van der Waals surface area contributed by atoms with E-state index in [-0.39, 0.29) is 12.2 Å². The van der Waals surface area contributed by atoms with E-state index in [4.69, 9.17) is 5.73 Å². The van der Waals surface area contributed by atoms with Crippen molar-refractivity contribution in [1.82, 2.24) is 0 Å². The molecule has 0 spiro atoms. The lowest BCUT2D eigenvalue weighted by Gasteiger charge is -2.21. The summed E-state index contributed by atoms with van der Waals surface area (Å²) in [6.45, 7) is 1.35. The highest BCUT2D eigenvalue weighted by molar-refractivity contribution is 9.10. The Morgan fingerprint density at radius 1 is 1.47 bits per heavy atom. The summed E-state index contributed by atoms with van der Waals surface area (Å²) >= 11 is 3.18. The monoisotopic (exact) mass is 307 g/mol. The van der Waals surface area contributed by atoms with Gasteiger partial charge in [0, 0.05) is 4.47 Å². The van der Waals surface area contributed by atoms with Crippen LogP contribution >= 0.6 is 15.9 Å². The minimum Gasteiger partial charge on any atom is -0.462 e. The minimum atomic E-state index is -3.73. The summed E-state index contributed by atoms with van der Waals surface area (Å²) in [4.78, 5) is 11.1. The molecule has 0 saturated heterocycles. The van der Waals surface area contributed by atoms with Crippen molar-refractivity contribution in [3.05, 3.63) is 34.3 Å². The van der Waals surface area contributed by atoms with E-state index in [1.165, 1.54) is 19.1 Å². The summed E-state index contributed by atoms with van der Waals surface area (Å²) in [7, 11) is 0. The second-order valence-electron chi connectivity index (χ2n) is 3.37. The molecular formula is C11H12BrF2NO2. The Kier molecular flexibility index (Phi) is 4.59. The van der Waals surface area contributed by atoms with Crippen LogP contribution in [-0.4, -0.2) is 18.5 Å². The molecule has 2 N–H and O–H groups in total. The number of benzene rings is 1. The largest absolute Gasteiger partial charge is 0.462 e. The van der Waals surface area contributed by atoms with Gasteiger partial charge in [-0.25, -0.2) is 4.79 Å². The zero-order valence-electron chi connectivity index (χ0n) is 9.12. The van der Waals surface area contributed by atoms with Crippen LogP contribution < -0.4 is 5.73 Å². The summed E-state index contributed by atoms with van der Waals surface area (Å²) < 4.78 is 32.2. The minimum absolute atomic E-state index is 0.110. The molecule has 3 nitrogen and oxygen atoms in total. The SMILES string of the molecule is CCOC(=O)C(F)(F)[C@H](N)c1ccc(Br)cc1. The molecule has 0 amide bonds. The average Bonchev–Trinajstić information content (AvgIpc) is 2.29. The molecule has 1 rings (SSSR count). The molecule has 94 valence electrons. The van der Waals surface area contributed by atoms with Crippen LogP contribution in [0.25, 0.3) is 0 Å². The van der Waals surface area contributed by atoms with Crippen molar-refractivity contribution >= 4 is 21.9 Å². The van der Waals surface area contributed by atoms with E-state index in [0.29, 0.717) is 0 Å². The Hall–Kier alpha value is -1.01. The van der Waals surface area contributed by atoms with Crippen molar-refractivity contribution in [1.29, 1.82) is 0 Å². The number of hydrogen-bond donors (Lipinski definition) is 1. The van der Waals surface area contributed by atoms with Gasteiger partial charge in [0.2, 0.25) is 0 Å². The molecule has 0 aliphatic heterocycles. The molecule has 0 aromatic heterocycles. The first kappa shape index (κ1) is 14.1. The van der Waals surface area contributed by atoms with Crippen LogP contribution in [0.5, 0.6) is 0 Å². The highest BCUT2D eigenvalue weighted by Gasteiger charge is 2.47. The van der Waals surface area contributed by atoms with Crippen LogP contribution in [-0.2, 0) is 9.53 Å². The van der Waals surface area contributed by atoms with E-state index in [1.807, 2.05) is 0 Å². The molecule has 17 heavy (non-hydrogen) atoms. The van der Waals surface area contributed by atoms with Gasteiger partial charge in [0.25, 0.3) is 0 Å². The lowest BCUT2D eigenvalue weighted by molar-refractivity contribution is -0.174. The van der Waals surface area contributed by atoms with Gasteiger partial charge in [-0.1, -0.05) is 28.1 Å². The third kappa shape index (κ3) is 3.23. The molecule has 0 radical (unpaired) electrons. The van der Waals surface area contributed by atoms with E-state index in [9.17, 15) is 13.6 Å². The number of esters is 1. The van der Waals surface area contributed by atoms with E-state index in [2.05, 4.69) is 20.7 Å². The van der Waals surface area contributed by atoms with Gasteiger partial charge in [-0.15, -0.1) is 0 Å². The lowest BCUT2D eigenvalue weighted by atomic mass is 10.0. The summed E-state index contributed by atoms with van der Waals surface area (Å²) in [5, 5.41) is 0. The molecule has 0 saturated carbocycles. The van der Waals surface area contributed by atoms with E-state index in [0.717, 1.165) is 4.47 Å². The highest BCUT2D eigenvalue weighted by atomic mass is 79.9. The van der Waals surface area contributed by atoms with Crippen LogP contribution in [0.1, 0.15) is 18.5 Å². The highest BCUT2D eigenvalue weighted by Crippen LogP contribution is 2.31. The van der Waals surface area contributed by atoms with E-state index >= 15 is 0 Å². The predicted molar refractivity (Wildman–Crippen MR) is 62.7 cm³/mol. The van der Waals surface area contributed by atoms with Crippen molar-refractivity contribution < 1.29 is 18.3 Å². The quantitative estimate of drug-likeness (QED) is 0.870. The zero-order valence-corrected chi connectivity index (χ0v) is 10.7. The number of carbonyl (C=O) groups excluding carboxylic acids is 1. The van der Waals surface area contributed by atoms with E-state index in [1.54, 1.807) is 12.1 Å². The van der Waals surface area contributed by atoms with Crippen LogP contribution in [0.3, 0.4) is 0 Å². The summed E-state index contributed by atoms with van der Waals surface area (Å²) in [6.07, 6.45) is 0. The van der Waals surface area contributed by atoms with Crippen molar-refractivity contribution in [2.45, 2.75) is 18.9 Å². The first-order valence-corrected chi connectivity index (χ1v) is 5.75. The van der Waals surface area contributed by atoms with Gasteiger partial charge in [-0.05, 0) is 24.6 Å². The molecule has 0 aliphatic rings. The number of rotatable bonds is 4. The zero-order chi connectivity index (χ0) is 13.1. The third-order valence-corrected chi connectivity index (χ3v) is 2.70. The van der Waals surface area contributed by atoms with Crippen LogP contribution in [0.15, 0.2) is 28.7 Å². The third-order valence-electron chi connectivity index (χ3n) is 2.17. The topological polar surface area (TPSA) is 52.3 Å². The molecule has 0 bridgehead atoms. The van der Waals surface area contributed by atoms with Gasteiger partial charge in [-0.3, -0.25) is 0 Å². The van der Waals surface area contributed by atoms with Gasteiger partial charge in [-0.2, -0.15) is 8.78 Å². The molecule has 1 aromatic carbocycles. The van der Waals surface area contributed by atoms with Gasteiger partial charge < -0.3 is 10.5 Å². The first-order valence-electron chi connectivity index (χ1n) is 4.95. The molecule has 1 aromatic rings. The maximum Gasteiger partial charge on any atom is 0.379 e. The lowest BCUT2D eigenvalue weighted by Crippen LogP contribution is -2.41. The van der Waals surface area contributed by atoms with Crippen LogP contribution in [0.4, 0.5) is 8.78 Å². The number of alkyl halides is 2. The van der Waals surface area contributed by atoms with Gasteiger partial charge in [0.1, 0.15) is 6.04 Å². The maximum absolute atomic E-state index is 13.6. The van der Waals surface area contributed by atoms with Crippen molar-refractivity contribution in [2.24, 2.45) is 5.73 Å². The van der Waals surface area contributed by atoms with Gasteiger partial charge in [0.05, 0.1) is 6.61 Å². The molecular weight excluding hydrogens is 296 g/mol. The fourth-order valence-electron chi connectivity index (χ4n) is 1.23. The van der Waals surface area contributed by atoms with Gasteiger partial charge >= 0.3 is 11.9 Å². The number of ether oxygens (including phenoxy) is 1. The molecule has 0 aliphatic carbocycles. The number of halogens is 3. The number of hydrogen-bond acceptors (Lipinski definition) is 3. The number of nitrogens with two attached hydrogens (primary N) is 1. The Balaban J connectivity index is 2.91. The summed E-state index contributed by atoms with van der Waals surface area (Å²) in [6, 6.07) is 4.31. The van der Waals surface area contributed by atoms with Crippen LogP contribution in [0, 0.1) is 0 Å². The molecule has 0 heterocycles. The average molecular weight is 308 g/mol. The number of carbonyl (C=O) groups is 1. The fourth-order valence-corrected chi connectivity index (χ4v) is 1.50. The Bertz CT molecular complexity index is 395. The van der Waals surface area contributed by atoms with Crippen molar-refractivity contribution in [2.75, 3.05) is 6.61 Å². The van der Waals surface area contributed by atoms with E-state index < -0.39 is 17.9 Å². The van der Waals surface area contributed by atoms with Crippen molar-refractivity contribution in [3.8, 4) is 0 Å². The summed E-state index contributed by atoms with van der Waals surface area (Å²) in [5.41, 5.74) is 5.56. The summed E-state index contributed by atoms with van der Waals surface area (Å²) in [5.74, 6) is -5.33. The van der Waals surface area contributed by atoms with Gasteiger partial charge in [0.15, 0.2) is 0 Å². The Morgan fingerprint density at radius 2 is 2.00 bits per heavy atom. The first-order chi connectivity index (χ1) is 7.89. The standard InChI is InChI=1S/C11H12BrF2NO2/c1-2-17-10(16)11(13,14)9(15)7-3-5-8(12)6-4-7/h3-6,9H,2,15H2,1H3/t9-/m1/s1. The van der Waals surface area contributed by atoms with Crippen LogP contribution in [0.2, 0.25) is 0 Å². The fraction of sp³-hybridized carbons (Fsp3) is 0.364. The molecule has 1 atom stereocenters. The second kappa shape index (κ2) is 5.55. The molecule has 6 heteroatoms. The predicted octanol–water partition coefficient (Wildman–Crippen LogP) is 2.65. The smallest absolute Gasteiger partial charge is 0.379 e. The Morgan fingerprint density at radius 3 is 2.47 bits per heavy atom. The van der Waals surface area contributed by atoms with Crippen molar-refractivity contribution in [3.63, 3.8) is 0 Å². The molecule has 0 fully saturated rings. The molecule has 0 unspecified atom stereocenters. The Labute approximate surface area is 106 Å². The second-order valence-corrected chi connectivity index (χ2v) is 4.29.